The van der Waals surface area contributed by atoms with E-state index < -0.39 is 0 Å². The minimum absolute atomic E-state index is 0.293. The van der Waals surface area contributed by atoms with E-state index in [9.17, 15) is 5.11 Å². The third kappa shape index (κ3) is 3.41. The summed E-state index contributed by atoms with van der Waals surface area (Å²) in [6.45, 7) is 2.59. The highest BCUT2D eigenvalue weighted by atomic mass is 79.9. The summed E-state index contributed by atoms with van der Waals surface area (Å²) in [4.78, 5) is 0. The number of phenolic OH excluding ortho intramolecular Hbond substituents is 1. The van der Waals surface area contributed by atoms with Gasteiger partial charge in [0.1, 0.15) is 11.5 Å². The number of rotatable bonds is 4. The van der Waals surface area contributed by atoms with E-state index >= 15 is 0 Å². The Morgan fingerprint density at radius 2 is 2.00 bits per heavy atom. The Bertz CT molecular complexity index is 584. The van der Waals surface area contributed by atoms with E-state index in [4.69, 9.17) is 4.74 Å². The molecule has 2 aromatic carbocycles. The molecule has 0 heterocycles. The van der Waals surface area contributed by atoms with E-state index in [2.05, 4.69) is 21.2 Å². The normalized spacial score (nSPS) is 10.3. The summed E-state index contributed by atoms with van der Waals surface area (Å²) in [6.07, 6.45) is 0. The molecule has 4 heteroatoms. The molecule has 0 aliphatic carbocycles. The molecule has 0 atom stereocenters. The number of anilines is 1. The van der Waals surface area contributed by atoms with Crippen molar-refractivity contribution in [1.29, 1.82) is 0 Å². The van der Waals surface area contributed by atoms with Crippen LogP contribution < -0.4 is 10.1 Å². The number of halogens is 1. The highest BCUT2D eigenvalue weighted by molar-refractivity contribution is 9.10. The zero-order valence-corrected chi connectivity index (χ0v) is 12.5. The molecule has 0 fully saturated rings. The first-order valence-electron chi connectivity index (χ1n) is 5.96. The summed E-state index contributed by atoms with van der Waals surface area (Å²) in [7, 11) is 1.65. The van der Waals surface area contributed by atoms with Gasteiger partial charge >= 0.3 is 0 Å². The van der Waals surface area contributed by atoms with Gasteiger partial charge in [0.2, 0.25) is 0 Å². The van der Waals surface area contributed by atoms with Gasteiger partial charge in [0.05, 0.1) is 7.11 Å². The molecule has 0 aliphatic rings. The van der Waals surface area contributed by atoms with E-state index in [1.807, 2.05) is 37.3 Å². The van der Waals surface area contributed by atoms with Crippen LogP contribution in [0.1, 0.15) is 11.1 Å². The van der Waals surface area contributed by atoms with E-state index in [-0.39, 0.29) is 0 Å². The van der Waals surface area contributed by atoms with Crippen LogP contribution in [0.3, 0.4) is 0 Å². The number of hydrogen-bond donors (Lipinski definition) is 2. The predicted molar refractivity (Wildman–Crippen MR) is 80.9 cm³/mol. The average molecular weight is 322 g/mol. The average Bonchev–Trinajstić information content (AvgIpc) is 2.40. The summed E-state index contributed by atoms with van der Waals surface area (Å²) in [5.74, 6) is 1.13. The maximum Gasteiger partial charge on any atom is 0.120 e. The minimum atomic E-state index is 0.293. The molecule has 0 spiro atoms. The topological polar surface area (TPSA) is 41.5 Å². The van der Waals surface area contributed by atoms with Crippen molar-refractivity contribution in [2.45, 2.75) is 13.5 Å². The highest BCUT2D eigenvalue weighted by Gasteiger charge is 2.04. The van der Waals surface area contributed by atoms with Crippen molar-refractivity contribution in [3.05, 3.63) is 52.0 Å². The first-order valence-corrected chi connectivity index (χ1v) is 6.75. The molecule has 2 aromatic rings. The van der Waals surface area contributed by atoms with Crippen molar-refractivity contribution in [1.82, 2.24) is 0 Å². The molecule has 3 nitrogen and oxygen atoms in total. The van der Waals surface area contributed by atoms with Crippen molar-refractivity contribution >= 4 is 21.6 Å². The molecular weight excluding hydrogens is 306 g/mol. The Morgan fingerprint density at radius 3 is 2.68 bits per heavy atom. The fraction of sp³-hybridized carbons (Fsp3) is 0.200. The largest absolute Gasteiger partial charge is 0.508 e. The number of benzene rings is 2. The van der Waals surface area contributed by atoms with Crippen molar-refractivity contribution < 1.29 is 9.84 Å². The molecule has 0 saturated carbocycles. The van der Waals surface area contributed by atoms with Gasteiger partial charge in [-0.05, 0) is 48.9 Å². The van der Waals surface area contributed by atoms with E-state index in [0.717, 1.165) is 27.0 Å². The van der Waals surface area contributed by atoms with Crippen molar-refractivity contribution in [3.63, 3.8) is 0 Å². The second kappa shape index (κ2) is 5.97. The Kier molecular flexibility index (Phi) is 4.32. The fourth-order valence-electron chi connectivity index (χ4n) is 1.85. The van der Waals surface area contributed by atoms with Crippen LogP contribution in [0.25, 0.3) is 0 Å². The third-order valence-corrected chi connectivity index (χ3v) is 3.44. The third-order valence-electron chi connectivity index (χ3n) is 2.94. The Labute approximate surface area is 121 Å². The molecule has 0 radical (unpaired) electrons. The lowest BCUT2D eigenvalue weighted by Crippen LogP contribution is -2.01. The molecule has 2 rings (SSSR count). The highest BCUT2D eigenvalue weighted by Crippen LogP contribution is 2.25. The summed E-state index contributed by atoms with van der Waals surface area (Å²) in [5.41, 5.74) is 2.98. The zero-order chi connectivity index (χ0) is 13.8. The smallest absolute Gasteiger partial charge is 0.120 e. The lowest BCUT2D eigenvalue weighted by atomic mass is 10.1. The standard InChI is InChI=1S/C15H16BrNO2/c1-10-7-13(19-2)4-5-14(10)17-9-11-8-12(16)3-6-15(11)18/h3-8,17-18H,9H2,1-2H3. The van der Waals surface area contributed by atoms with E-state index in [1.54, 1.807) is 13.2 Å². The summed E-state index contributed by atoms with van der Waals surface area (Å²) >= 11 is 3.40. The number of methoxy groups -OCH3 is 1. The number of phenols is 1. The van der Waals surface area contributed by atoms with Crippen LogP contribution in [0.4, 0.5) is 5.69 Å². The van der Waals surface area contributed by atoms with Crippen LogP contribution >= 0.6 is 15.9 Å². The van der Waals surface area contributed by atoms with Crippen molar-refractivity contribution in [3.8, 4) is 11.5 Å². The Balaban J connectivity index is 2.12. The second-order valence-corrected chi connectivity index (χ2v) is 5.22. The molecule has 2 N–H and O–H groups in total. The zero-order valence-electron chi connectivity index (χ0n) is 10.9. The van der Waals surface area contributed by atoms with Gasteiger partial charge in [0.25, 0.3) is 0 Å². The number of nitrogens with one attached hydrogen (secondary N) is 1. The molecular formula is C15H16BrNO2. The Hall–Kier alpha value is -1.68. The summed E-state index contributed by atoms with van der Waals surface area (Å²) < 4.78 is 6.13. The minimum Gasteiger partial charge on any atom is -0.508 e. The van der Waals surface area contributed by atoms with Gasteiger partial charge in [-0.25, -0.2) is 0 Å². The monoisotopic (exact) mass is 321 g/mol. The fourth-order valence-corrected chi connectivity index (χ4v) is 2.26. The first kappa shape index (κ1) is 13.7. The van der Waals surface area contributed by atoms with Crippen molar-refractivity contribution in [2.24, 2.45) is 0 Å². The summed E-state index contributed by atoms with van der Waals surface area (Å²) in [6, 6.07) is 11.3. The van der Waals surface area contributed by atoms with Crippen LogP contribution in [0, 0.1) is 6.92 Å². The molecule has 0 unspecified atom stereocenters. The van der Waals surface area contributed by atoms with E-state index in [0.29, 0.717) is 12.3 Å². The number of aryl methyl sites for hydroxylation is 1. The van der Waals surface area contributed by atoms with Gasteiger partial charge in [0.15, 0.2) is 0 Å². The summed E-state index contributed by atoms with van der Waals surface area (Å²) in [5, 5.41) is 13.1. The molecule has 0 aliphatic heterocycles. The number of ether oxygens (including phenoxy) is 1. The van der Waals surface area contributed by atoms with Crippen LogP contribution in [-0.2, 0) is 6.54 Å². The SMILES string of the molecule is COc1ccc(NCc2cc(Br)ccc2O)c(C)c1. The van der Waals surface area contributed by atoms with Gasteiger partial charge in [-0.2, -0.15) is 0 Å². The van der Waals surface area contributed by atoms with Gasteiger partial charge in [-0.3, -0.25) is 0 Å². The maximum absolute atomic E-state index is 9.78. The maximum atomic E-state index is 9.78. The quantitative estimate of drug-likeness (QED) is 0.891. The predicted octanol–water partition coefficient (Wildman–Crippen LogP) is 4.08. The van der Waals surface area contributed by atoms with E-state index in [1.165, 1.54) is 0 Å². The lowest BCUT2D eigenvalue weighted by Gasteiger charge is -2.12. The molecule has 0 aromatic heterocycles. The lowest BCUT2D eigenvalue weighted by molar-refractivity contribution is 0.414. The van der Waals surface area contributed by atoms with Crippen molar-refractivity contribution in [2.75, 3.05) is 12.4 Å². The van der Waals surface area contributed by atoms with Crippen LogP contribution in [0.2, 0.25) is 0 Å². The second-order valence-electron chi connectivity index (χ2n) is 4.31. The number of aromatic hydroxyl groups is 1. The molecule has 0 bridgehead atoms. The van der Waals surface area contributed by atoms with Gasteiger partial charge in [-0.15, -0.1) is 0 Å². The van der Waals surface area contributed by atoms with Crippen LogP contribution in [0.15, 0.2) is 40.9 Å². The molecule has 0 amide bonds. The van der Waals surface area contributed by atoms with Crippen LogP contribution in [-0.4, -0.2) is 12.2 Å². The van der Waals surface area contributed by atoms with Gasteiger partial charge < -0.3 is 15.2 Å². The van der Waals surface area contributed by atoms with Gasteiger partial charge in [0, 0.05) is 22.3 Å². The van der Waals surface area contributed by atoms with Crippen LogP contribution in [0.5, 0.6) is 11.5 Å². The molecule has 19 heavy (non-hydrogen) atoms. The first-order chi connectivity index (χ1) is 9.10. The van der Waals surface area contributed by atoms with Gasteiger partial charge in [-0.1, -0.05) is 15.9 Å². The molecule has 0 saturated heterocycles. The Morgan fingerprint density at radius 1 is 1.21 bits per heavy atom. The molecule has 100 valence electrons. The number of hydrogen-bond acceptors (Lipinski definition) is 3.